The molecule has 4 rings (SSSR count). The molecule has 4 aromatic rings. The van der Waals surface area contributed by atoms with Gasteiger partial charge < -0.3 is 10.6 Å². The monoisotopic (exact) mass is 445 g/mol. The van der Waals surface area contributed by atoms with Crippen LogP contribution < -0.4 is 10.6 Å². The number of nitrogens with zero attached hydrogens (tertiary/aromatic N) is 7. The van der Waals surface area contributed by atoms with Crippen LogP contribution in [0.15, 0.2) is 37.1 Å². The molecule has 0 spiro atoms. The van der Waals surface area contributed by atoms with Crippen molar-refractivity contribution in [1.29, 1.82) is 0 Å². The topological polar surface area (TPSA) is 115 Å². The summed E-state index contributed by atoms with van der Waals surface area (Å²) in [6.45, 7) is 4.10. The maximum atomic E-state index is 12.6. The van der Waals surface area contributed by atoms with Crippen LogP contribution >= 0.6 is 23.2 Å². The summed E-state index contributed by atoms with van der Waals surface area (Å²) in [7, 11) is 0. The van der Waals surface area contributed by atoms with Crippen molar-refractivity contribution in [3.63, 3.8) is 0 Å². The zero-order chi connectivity index (χ0) is 21.3. The van der Waals surface area contributed by atoms with Crippen LogP contribution in [-0.4, -0.2) is 40.6 Å². The van der Waals surface area contributed by atoms with Crippen molar-refractivity contribution < 1.29 is 4.79 Å². The average molecular weight is 446 g/mol. The molecule has 0 saturated carbocycles. The lowest BCUT2D eigenvalue weighted by Gasteiger charge is -2.16. The van der Waals surface area contributed by atoms with E-state index in [0.717, 1.165) is 12.0 Å². The minimum Gasteiger partial charge on any atom is -0.306 e. The summed E-state index contributed by atoms with van der Waals surface area (Å²) >= 11 is 12.3. The molecule has 1 unspecified atom stereocenters. The molecule has 0 aliphatic heterocycles. The van der Waals surface area contributed by atoms with Crippen LogP contribution in [0.5, 0.6) is 0 Å². The number of rotatable bonds is 5. The van der Waals surface area contributed by atoms with E-state index in [2.05, 4.69) is 42.8 Å². The Morgan fingerprint density at radius 1 is 1.17 bits per heavy atom. The van der Waals surface area contributed by atoms with Crippen molar-refractivity contribution in [3.05, 3.63) is 52.8 Å². The largest absolute Gasteiger partial charge is 0.323 e. The number of carbonyl (C=O) groups is 1. The fraction of sp³-hybridized carbons (Fsp3) is 0.222. The van der Waals surface area contributed by atoms with E-state index in [0.29, 0.717) is 33.0 Å². The number of halogens is 2. The van der Waals surface area contributed by atoms with E-state index >= 15 is 0 Å². The smallest absolute Gasteiger partial charge is 0.306 e. The summed E-state index contributed by atoms with van der Waals surface area (Å²) in [6.07, 6.45) is 8.55. The summed E-state index contributed by atoms with van der Waals surface area (Å²) < 4.78 is 1.60. The minimum atomic E-state index is -0.466. The second-order valence-electron chi connectivity index (χ2n) is 6.54. The third-order valence-corrected chi connectivity index (χ3v) is 5.00. The van der Waals surface area contributed by atoms with Gasteiger partial charge in [-0.1, -0.05) is 37.0 Å². The molecule has 0 saturated heterocycles. The first-order valence-corrected chi connectivity index (χ1v) is 9.86. The number of pyridine rings is 1. The first-order chi connectivity index (χ1) is 14.5. The van der Waals surface area contributed by atoms with Gasteiger partial charge in [-0.05, 0) is 18.4 Å². The summed E-state index contributed by atoms with van der Waals surface area (Å²) in [4.78, 5) is 22.4. The molecule has 0 fully saturated rings. The van der Waals surface area contributed by atoms with Crippen molar-refractivity contribution in [2.75, 3.05) is 10.6 Å². The highest BCUT2D eigenvalue weighted by atomic mass is 35.5. The fourth-order valence-electron chi connectivity index (χ4n) is 2.97. The summed E-state index contributed by atoms with van der Waals surface area (Å²) in [5.41, 5.74) is 2.42. The molecule has 0 aliphatic carbocycles. The molecule has 12 heteroatoms. The standard InChI is InChI=1S/C18H17Cl2N9O/c1-3-10(2)15-13(8-24-28-9-14(20)27-17(15)28)26-18(30)25-11-6-12(19)16(21-7-11)29-22-4-5-23-29/h4-10H,3H2,1-2H3,(H2,25,26,30). The molecule has 1 atom stereocenters. The predicted molar refractivity (Wildman–Crippen MR) is 114 cm³/mol. The van der Waals surface area contributed by atoms with Crippen LogP contribution in [0, 0.1) is 0 Å². The Morgan fingerprint density at radius 2 is 1.93 bits per heavy atom. The van der Waals surface area contributed by atoms with Gasteiger partial charge in [-0.2, -0.15) is 15.3 Å². The second kappa shape index (κ2) is 8.25. The maximum Gasteiger partial charge on any atom is 0.323 e. The van der Waals surface area contributed by atoms with E-state index in [1.807, 2.05) is 6.92 Å². The average Bonchev–Trinajstić information content (AvgIpc) is 3.36. The Hall–Kier alpha value is -3.24. The zero-order valence-corrected chi connectivity index (χ0v) is 17.6. The van der Waals surface area contributed by atoms with Crippen molar-refractivity contribution in [3.8, 4) is 5.82 Å². The Morgan fingerprint density at radius 3 is 2.63 bits per heavy atom. The molecule has 2 N–H and O–H groups in total. The number of imidazole rings is 1. The van der Waals surface area contributed by atoms with Crippen molar-refractivity contribution >= 4 is 46.3 Å². The normalized spacial score (nSPS) is 12.1. The van der Waals surface area contributed by atoms with E-state index in [1.54, 1.807) is 23.0 Å². The third-order valence-electron chi connectivity index (χ3n) is 4.54. The highest BCUT2D eigenvalue weighted by Gasteiger charge is 2.19. The third kappa shape index (κ3) is 3.91. The molecule has 30 heavy (non-hydrogen) atoms. The van der Waals surface area contributed by atoms with Gasteiger partial charge in [-0.25, -0.2) is 19.3 Å². The van der Waals surface area contributed by atoms with Crippen LogP contribution in [0.1, 0.15) is 31.7 Å². The van der Waals surface area contributed by atoms with Gasteiger partial charge in [0.1, 0.15) is 5.15 Å². The molecule has 0 bridgehead atoms. The van der Waals surface area contributed by atoms with Crippen molar-refractivity contribution in [2.24, 2.45) is 0 Å². The van der Waals surface area contributed by atoms with Crippen LogP contribution in [0.25, 0.3) is 11.5 Å². The van der Waals surface area contributed by atoms with Gasteiger partial charge in [-0.3, -0.25) is 0 Å². The molecule has 2 amide bonds. The number of aromatic nitrogens is 7. The highest BCUT2D eigenvalue weighted by Crippen LogP contribution is 2.30. The van der Waals surface area contributed by atoms with Crippen molar-refractivity contribution in [2.45, 2.75) is 26.2 Å². The SMILES string of the molecule is CCC(C)c1c(NC(=O)Nc2cnc(-n3nccn3)c(Cl)c2)cnn2cc(Cl)nc12. The van der Waals surface area contributed by atoms with E-state index in [-0.39, 0.29) is 5.92 Å². The maximum absolute atomic E-state index is 12.6. The van der Waals surface area contributed by atoms with Crippen LogP contribution in [0.2, 0.25) is 10.2 Å². The lowest BCUT2D eigenvalue weighted by atomic mass is 9.98. The molecular formula is C18H17Cl2N9O. The van der Waals surface area contributed by atoms with Gasteiger partial charge in [0.25, 0.3) is 0 Å². The zero-order valence-electron chi connectivity index (χ0n) is 16.0. The summed E-state index contributed by atoms with van der Waals surface area (Å²) in [6, 6.07) is 1.10. The van der Waals surface area contributed by atoms with Gasteiger partial charge in [-0.15, -0.1) is 4.80 Å². The fourth-order valence-corrected chi connectivity index (χ4v) is 3.38. The molecule has 0 aliphatic rings. The first kappa shape index (κ1) is 20.0. The number of hydrogen-bond donors (Lipinski definition) is 2. The van der Waals surface area contributed by atoms with E-state index in [4.69, 9.17) is 23.2 Å². The molecule has 0 aromatic carbocycles. The molecule has 10 nitrogen and oxygen atoms in total. The van der Waals surface area contributed by atoms with E-state index in [9.17, 15) is 4.79 Å². The number of fused-ring (bicyclic) bond motifs is 1. The number of urea groups is 1. The number of anilines is 2. The Balaban J connectivity index is 1.57. The van der Waals surface area contributed by atoms with Crippen LogP contribution in [-0.2, 0) is 0 Å². The van der Waals surface area contributed by atoms with Gasteiger partial charge in [0.05, 0.1) is 47.4 Å². The molecular weight excluding hydrogens is 429 g/mol. The Bertz CT molecular complexity index is 1210. The van der Waals surface area contributed by atoms with Crippen LogP contribution in [0.4, 0.5) is 16.2 Å². The van der Waals surface area contributed by atoms with Gasteiger partial charge in [0.15, 0.2) is 11.5 Å². The highest BCUT2D eigenvalue weighted by molar-refractivity contribution is 6.32. The minimum absolute atomic E-state index is 0.126. The van der Waals surface area contributed by atoms with Crippen LogP contribution in [0.3, 0.4) is 0 Å². The second-order valence-corrected chi connectivity index (χ2v) is 7.33. The number of hydrogen-bond acceptors (Lipinski definition) is 6. The lowest BCUT2D eigenvalue weighted by Crippen LogP contribution is -2.21. The Labute approximate surface area is 181 Å². The predicted octanol–water partition coefficient (Wildman–Crippen LogP) is 4.17. The summed E-state index contributed by atoms with van der Waals surface area (Å²) in [5, 5.41) is 18.4. The summed E-state index contributed by atoms with van der Waals surface area (Å²) in [5.74, 6) is 0.485. The quantitative estimate of drug-likeness (QED) is 0.476. The van der Waals surface area contributed by atoms with Crippen molar-refractivity contribution in [1.82, 2.24) is 34.6 Å². The first-order valence-electron chi connectivity index (χ1n) is 9.10. The molecule has 154 valence electrons. The number of amides is 2. The van der Waals surface area contributed by atoms with Gasteiger partial charge in [0.2, 0.25) is 0 Å². The van der Waals surface area contributed by atoms with E-state index < -0.39 is 6.03 Å². The Kier molecular flexibility index (Phi) is 5.51. The molecule has 0 radical (unpaired) electrons. The van der Waals surface area contributed by atoms with E-state index in [1.165, 1.54) is 23.4 Å². The van der Waals surface area contributed by atoms with Gasteiger partial charge in [0, 0.05) is 5.56 Å². The van der Waals surface area contributed by atoms with Gasteiger partial charge >= 0.3 is 6.03 Å². The molecule has 4 aromatic heterocycles. The number of carbonyl (C=O) groups excluding carboxylic acids is 1. The lowest BCUT2D eigenvalue weighted by molar-refractivity contribution is 0.262. The number of nitrogens with one attached hydrogen (secondary N) is 2. The molecule has 4 heterocycles.